The topological polar surface area (TPSA) is 47.6 Å². The maximum Gasteiger partial charge on any atom is 0.253 e. The highest BCUT2D eigenvalue weighted by Gasteiger charge is 2.38. The van der Waals surface area contributed by atoms with Gasteiger partial charge >= 0.3 is 0 Å². The van der Waals surface area contributed by atoms with Crippen molar-refractivity contribution >= 4 is 29.1 Å². The fourth-order valence-electron chi connectivity index (χ4n) is 2.11. The fraction of sp³-hybridized carbons (Fsp3) is 0.500. The van der Waals surface area contributed by atoms with Gasteiger partial charge < -0.3 is 14.8 Å². The number of carbonyl (C=O) groups is 1. The molecule has 0 unspecified atom stereocenters. The van der Waals surface area contributed by atoms with E-state index in [1.165, 1.54) is 0 Å². The molecule has 4 nitrogen and oxygen atoms in total. The van der Waals surface area contributed by atoms with Crippen molar-refractivity contribution in [1.82, 2.24) is 5.32 Å². The molecule has 0 spiro atoms. The third kappa shape index (κ3) is 3.85. The van der Waals surface area contributed by atoms with Gasteiger partial charge in [-0.2, -0.15) is 0 Å². The summed E-state index contributed by atoms with van der Waals surface area (Å²) in [5.41, 5.74) is 0.967. The van der Waals surface area contributed by atoms with Gasteiger partial charge in [0.25, 0.3) is 5.91 Å². The number of amides is 1. The van der Waals surface area contributed by atoms with Crippen LogP contribution in [0.5, 0.6) is 0 Å². The Morgan fingerprint density at radius 1 is 1.35 bits per heavy atom. The maximum atomic E-state index is 11.7. The van der Waals surface area contributed by atoms with Crippen LogP contribution in [0.25, 0.3) is 0 Å². The molecule has 0 saturated carbocycles. The Hall–Kier alpha value is -0.810. The van der Waals surface area contributed by atoms with Crippen LogP contribution in [0.4, 0.5) is 0 Å². The minimum atomic E-state index is -1.11. The summed E-state index contributed by atoms with van der Waals surface area (Å²) in [4.78, 5) is 10.6. The van der Waals surface area contributed by atoms with Gasteiger partial charge in [-0.15, -0.1) is 0 Å². The first-order valence-corrected chi connectivity index (χ1v) is 7.21. The summed E-state index contributed by atoms with van der Waals surface area (Å²) >= 11 is 11.1. The Bertz CT molecular complexity index is 465. The lowest BCUT2D eigenvalue weighted by atomic mass is 10.0. The van der Waals surface area contributed by atoms with Crippen LogP contribution < -0.4 is 5.32 Å². The van der Waals surface area contributed by atoms with Crippen LogP contribution in [0.1, 0.15) is 25.5 Å². The summed E-state index contributed by atoms with van der Waals surface area (Å²) in [5.74, 6) is -1.16. The standard InChI is InChI=1S/C14H17Cl2NO3/c1-14(2)19-8-10(17-13(18)12(15)16)11(20-14)9-6-4-3-5-7-9/h3-7,10-12H,8H2,1-2H3,(H,17,18)/t10-,11-/m1/s1. The number of hydrogen-bond donors (Lipinski definition) is 1. The number of rotatable bonds is 3. The molecule has 1 N–H and O–H groups in total. The van der Waals surface area contributed by atoms with Gasteiger partial charge in [-0.25, -0.2) is 0 Å². The van der Waals surface area contributed by atoms with Crippen LogP contribution in [-0.2, 0) is 14.3 Å². The summed E-state index contributed by atoms with van der Waals surface area (Å²) in [7, 11) is 0. The summed E-state index contributed by atoms with van der Waals surface area (Å²) in [6, 6.07) is 9.33. The summed E-state index contributed by atoms with van der Waals surface area (Å²) < 4.78 is 11.5. The first-order valence-electron chi connectivity index (χ1n) is 6.34. The van der Waals surface area contributed by atoms with Crippen molar-refractivity contribution in [2.45, 2.75) is 36.6 Å². The second-order valence-electron chi connectivity index (χ2n) is 5.08. The molecular weight excluding hydrogens is 301 g/mol. The zero-order chi connectivity index (χ0) is 14.8. The molecule has 0 bridgehead atoms. The van der Waals surface area contributed by atoms with E-state index in [0.29, 0.717) is 6.61 Å². The van der Waals surface area contributed by atoms with Gasteiger partial charge in [0.15, 0.2) is 10.6 Å². The van der Waals surface area contributed by atoms with Gasteiger partial charge in [0.1, 0.15) is 6.10 Å². The van der Waals surface area contributed by atoms with Crippen molar-refractivity contribution in [2.75, 3.05) is 6.61 Å². The molecule has 110 valence electrons. The Morgan fingerprint density at radius 3 is 2.60 bits per heavy atom. The van der Waals surface area contributed by atoms with E-state index in [0.717, 1.165) is 5.56 Å². The Balaban J connectivity index is 2.19. The normalized spacial score (nSPS) is 25.4. The average Bonchev–Trinajstić information content (AvgIpc) is 2.41. The minimum absolute atomic E-state index is 0.309. The van der Waals surface area contributed by atoms with Crippen LogP contribution in [0.2, 0.25) is 0 Å². The van der Waals surface area contributed by atoms with Crippen LogP contribution >= 0.6 is 23.2 Å². The van der Waals surface area contributed by atoms with Crippen molar-refractivity contribution in [2.24, 2.45) is 0 Å². The predicted molar refractivity (Wildman–Crippen MR) is 77.7 cm³/mol. The number of carbonyl (C=O) groups excluding carboxylic acids is 1. The van der Waals surface area contributed by atoms with E-state index in [4.69, 9.17) is 32.7 Å². The lowest BCUT2D eigenvalue weighted by Crippen LogP contribution is -2.52. The molecule has 1 aliphatic rings. The average molecular weight is 318 g/mol. The van der Waals surface area contributed by atoms with Gasteiger partial charge in [-0.1, -0.05) is 53.5 Å². The zero-order valence-corrected chi connectivity index (χ0v) is 12.8. The van der Waals surface area contributed by atoms with Crippen molar-refractivity contribution < 1.29 is 14.3 Å². The Kier molecular flexibility index (Phi) is 4.91. The van der Waals surface area contributed by atoms with Crippen LogP contribution in [-0.4, -0.2) is 29.2 Å². The predicted octanol–water partition coefficient (Wildman–Crippen LogP) is 2.80. The molecule has 0 aromatic heterocycles. The number of ether oxygens (including phenoxy) is 2. The van der Waals surface area contributed by atoms with Crippen LogP contribution in [0, 0.1) is 0 Å². The third-order valence-corrected chi connectivity index (χ3v) is 3.44. The molecule has 1 amide bonds. The molecule has 1 fully saturated rings. The van der Waals surface area contributed by atoms with E-state index < -0.39 is 16.5 Å². The molecule has 1 aliphatic heterocycles. The Morgan fingerprint density at radius 2 is 2.00 bits per heavy atom. The van der Waals surface area contributed by atoms with Gasteiger partial charge in [-0.3, -0.25) is 4.79 Å². The van der Waals surface area contributed by atoms with Gasteiger partial charge in [0.05, 0.1) is 12.6 Å². The number of alkyl halides is 2. The highest BCUT2D eigenvalue weighted by Crippen LogP contribution is 2.33. The van der Waals surface area contributed by atoms with Crippen LogP contribution in [0.3, 0.4) is 0 Å². The smallest absolute Gasteiger partial charge is 0.253 e. The molecule has 6 heteroatoms. The molecule has 1 aromatic rings. The van der Waals surface area contributed by atoms with E-state index >= 15 is 0 Å². The maximum absolute atomic E-state index is 11.7. The number of benzene rings is 1. The van der Waals surface area contributed by atoms with Gasteiger partial charge in [0.2, 0.25) is 0 Å². The quantitative estimate of drug-likeness (QED) is 0.872. The summed E-state index contributed by atoms with van der Waals surface area (Å²) in [6.45, 7) is 4.01. The third-order valence-electron chi connectivity index (χ3n) is 3.04. The lowest BCUT2D eigenvalue weighted by molar-refractivity contribution is -0.284. The molecule has 0 radical (unpaired) electrons. The molecule has 0 aliphatic carbocycles. The van der Waals surface area contributed by atoms with Gasteiger partial charge in [-0.05, 0) is 19.4 Å². The molecule has 2 atom stereocenters. The van der Waals surface area contributed by atoms with Crippen molar-refractivity contribution in [3.8, 4) is 0 Å². The first-order chi connectivity index (χ1) is 9.39. The number of nitrogens with one attached hydrogen (secondary N) is 1. The van der Waals surface area contributed by atoms with Crippen molar-refractivity contribution in [1.29, 1.82) is 0 Å². The number of halogens is 2. The molecule has 1 heterocycles. The SMILES string of the molecule is CC1(C)OC[C@@H](NC(=O)C(Cl)Cl)[C@@H](c2ccccc2)O1. The van der Waals surface area contributed by atoms with E-state index in [9.17, 15) is 4.79 Å². The highest BCUT2D eigenvalue weighted by atomic mass is 35.5. The summed E-state index contributed by atoms with van der Waals surface area (Å²) in [5, 5.41) is 2.75. The minimum Gasteiger partial charge on any atom is -0.348 e. The van der Waals surface area contributed by atoms with Crippen molar-refractivity contribution in [3.05, 3.63) is 35.9 Å². The monoisotopic (exact) mass is 317 g/mol. The molecule has 20 heavy (non-hydrogen) atoms. The Labute approximate surface area is 128 Å². The zero-order valence-electron chi connectivity index (χ0n) is 11.3. The summed E-state index contributed by atoms with van der Waals surface area (Å²) in [6.07, 6.45) is -0.309. The van der Waals surface area contributed by atoms with E-state index in [2.05, 4.69) is 5.32 Å². The van der Waals surface area contributed by atoms with Gasteiger partial charge in [0, 0.05) is 0 Å². The second-order valence-corrected chi connectivity index (χ2v) is 6.17. The second kappa shape index (κ2) is 6.31. The molecule has 1 aromatic carbocycles. The molecular formula is C14H17Cl2NO3. The van der Waals surface area contributed by atoms with Crippen LogP contribution in [0.15, 0.2) is 30.3 Å². The van der Waals surface area contributed by atoms with Crippen molar-refractivity contribution in [3.63, 3.8) is 0 Å². The largest absolute Gasteiger partial charge is 0.348 e. The van der Waals surface area contributed by atoms with E-state index in [1.807, 2.05) is 44.2 Å². The highest BCUT2D eigenvalue weighted by molar-refractivity contribution is 6.53. The fourth-order valence-corrected chi connectivity index (χ4v) is 2.23. The van der Waals surface area contributed by atoms with E-state index in [1.54, 1.807) is 0 Å². The number of hydrogen-bond acceptors (Lipinski definition) is 3. The van der Waals surface area contributed by atoms with E-state index in [-0.39, 0.29) is 12.1 Å². The lowest BCUT2D eigenvalue weighted by Gasteiger charge is -2.41. The molecule has 2 rings (SSSR count). The first kappa shape index (κ1) is 15.6. The molecule has 1 saturated heterocycles.